The molecule has 1 aromatic carbocycles. The van der Waals surface area contributed by atoms with Crippen LogP contribution in [0.1, 0.15) is 25.5 Å². The van der Waals surface area contributed by atoms with Crippen molar-refractivity contribution < 1.29 is 19.0 Å². The van der Waals surface area contributed by atoms with Crippen LogP contribution in [0.3, 0.4) is 0 Å². The average Bonchev–Trinajstić information content (AvgIpc) is 2.44. The maximum absolute atomic E-state index is 11.8. The Kier molecular flexibility index (Phi) is 5.25. The highest BCUT2D eigenvalue weighted by Crippen LogP contribution is 2.37. The van der Waals surface area contributed by atoms with Crippen LogP contribution in [0.25, 0.3) is 0 Å². The molecule has 0 unspecified atom stereocenters. The lowest BCUT2D eigenvalue weighted by molar-refractivity contribution is -0.152. The van der Waals surface area contributed by atoms with Gasteiger partial charge in [-0.2, -0.15) is 0 Å². The van der Waals surface area contributed by atoms with Gasteiger partial charge in [0.05, 0.1) is 12.5 Å². The Morgan fingerprint density at radius 1 is 1.30 bits per heavy atom. The molecule has 1 aliphatic heterocycles. The maximum atomic E-state index is 11.8. The summed E-state index contributed by atoms with van der Waals surface area (Å²) in [5.74, 6) is 1.04. The normalized spacial score (nSPS) is 15.0. The van der Waals surface area contributed by atoms with E-state index in [4.69, 9.17) is 19.9 Å². The first-order chi connectivity index (χ1) is 8.96. The minimum Gasteiger partial charge on any atom is -0.486 e. The second-order valence-electron chi connectivity index (χ2n) is 5.09. The Morgan fingerprint density at radius 3 is 2.50 bits per heavy atom. The van der Waals surface area contributed by atoms with Crippen molar-refractivity contribution in [2.24, 2.45) is 11.1 Å². The molecule has 0 spiro atoms. The fourth-order valence-corrected chi connectivity index (χ4v) is 2.06. The number of halogens is 1. The number of ether oxygens (including phenoxy) is 3. The summed E-state index contributed by atoms with van der Waals surface area (Å²) in [6.07, 6.45) is 0. The maximum Gasteiger partial charge on any atom is 0.313 e. The van der Waals surface area contributed by atoms with Gasteiger partial charge in [0.1, 0.15) is 13.2 Å². The minimum absolute atomic E-state index is 0. The predicted octanol–water partition coefficient (Wildman–Crippen LogP) is 2.08. The van der Waals surface area contributed by atoms with Crippen molar-refractivity contribution in [3.63, 3.8) is 0 Å². The molecule has 0 aliphatic carbocycles. The number of carbonyl (C=O) groups is 1. The van der Waals surface area contributed by atoms with Crippen molar-refractivity contribution in [3.05, 3.63) is 23.8 Å². The van der Waals surface area contributed by atoms with E-state index >= 15 is 0 Å². The van der Waals surface area contributed by atoms with E-state index in [0.717, 1.165) is 5.56 Å². The van der Waals surface area contributed by atoms with Crippen molar-refractivity contribution in [1.82, 2.24) is 0 Å². The van der Waals surface area contributed by atoms with Crippen LogP contribution in [0.4, 0.5) is 0 Å². The lowest BCUT2D eigenvalue weighted by Crippen LogP contribution is -2.37. The van der Waals surface area contributed by atoms with Crippen LogP contribution < -0.4 is 15.2 Å². The SMILES string of the molecule is COC(=O)C(C)(C)[C@H](N)c1ccc2c(c1)OCCO2.Cl. The molecule has 1 aromatic rings. The number of fused-ring (bicyclic) bond motifs is 1. The molecule has 0 aromatic heterocycles. The summed E-state index contributed by atoms with van der Waals surface area (Å²) in [7, 11) is 1.36. The monoisotopic (exact) mass is 301 g/mol. The first-order valence-electron chi connectivity index (χ1n) is 6.20. The van der Waals surface area contributed by atoms with Gasteiger partial charge in [0.25, 0.3) is 0 Å². The standard InChI is InChI=1S/C14H19NO4.ClH/c1-14(2,13(16)17-3)12(15)9-4-5-10-11(8-9)19-7-6-18-10;/h4-5,8,12H,6-7,15H2,1-3H3;1H/t12-;/m1./s1. The Balaban J connectivity index is 0.00000200. The Hall–Kier alpha value is -1.46. The zero-order chi connectivity index (χ0) is 14.0. The highest BCUT2D eigenvalue weighted by Gasteiger charge is 2.37. The molecular weight excluding hydrogens is 282 g/mol. The van der Waals surface area contributed by atoms with E-state index in [1.807, 2.05) is 18.2 Å². The molecule has 0 fully saturated rings. The van der Waals surface area contributed by atoms with E-state index in [2.05, 4.69) is 0 Å². The molecule has 6 heteroatoms. The molecule has 0 saturated carbocycles. The molecule has 1 heterocycles. The van der Waals surface area contributed by atoms with Crippen LogP contribution in [-0.2, 0) is 9.53 Å². The van der Waals surface area contributed by atoms with Gasteiger partial charge in [-0.25, -0.2) is 0 Å². The minimum atomic E-state index is -0.807. The third kappa shape index (κ3) is 2.99. The van der Waals surface area contributed by atoms with Crippen LogP contribution in [0.2, 0.25) is 0 Å². The van der Waals surface area contributed by atoms with Gasteiger partial charge in [-0.05, 0) is 31.5 Å². The highest BCUT2D eigenvalue weighted by molar-refractivity contribution is 5.85. The smallest absolute Gasteiger partial charge is 0.313 e. The summed E-state index contributed by atoms with van der Waals surface area (Å²) >= 11 is 0. The molecule has 0 saturated heterocycles. The van der Waals surface area contributed by atoms with Crippen LogP contribution in [0, 0.1) is 5.41 Å². The number of esters is 1. The van der Waals surface area contributed by atoms with Crippen LogP contribution in [-0.4, -0.2) is 26.3 Å². The van der Waals surface area contributed by atoms with Crippen molar-refractivity contribution >= 4 is 18.4 Å². The number of carbonyl (C=O) groups excluding carboxylic acids is 1. The lowest BCUT2D eigenvalue weighted by atomic mass is 9.81. The Labute approximate surface area is 124 Å². The summed E-state index contributed by atoms with van der Waals surface area (Å²) in [5, 5.41) is 0. The molecule has 2 rings (SSSR count). The first-order valence-corrected chi connectivity index (χ1v) is 6.20. The average molecular weight is 302 g/mol. The molecule has 1 aliphatic rings. The van der Waals surface area contributed by atoms with Gasteiger partial charge in [0, 0.05) is 6.04 Å². The van der Waals surface area contributed by atoms with Crippen molar-refractivity contribution in [1.29, 1.82) is 0 Å². The van der Waals surface area contributed by atoms with Gasteiger partial charge < -0.3 is 19.9 Å². The molecule has 0 bridgehead atoms. The molecule has 0 amide bonds. The van der Waals surface area contributed by atoms with Crippen molar-refractivity contribution in [3.8, 4) is 11.5 Å². The first kappa shape index (κ1) is 16.6. The quantitative estimate of drug-likeness (QED) is 0.866. The number of hydrogen-bond donors (Lipinski definition) is 1. The summed E-state index contributed by atoms with van der Waals surface area (Å²) in [5.41, 5.74) is 6.20. The summed E-state index contributed by atoms with van der Waals surface area (Å²) < 4.78 is 15.8. The third-order valence-corrected chi connectivity index (χ3v) is 3.41. The summed E-state index contributed by atoms with van der Waals surface area (Å²) in [6.45, 7) is 4.60. The third-order valence-electron chi connectivity index (χ3n) is 3.41. The van der Waals surface area contributed by atoms with E-state index < -0.39 is 11.5 Å². The van der Waals surface area contributed by atoms with Gasteiger partial charge >= 0.3 is 5.97 Å². The van der Waals surface area contributed by atoms with Gasteiger partial charge in [0.15, 0.2) is 11.5 Å². The largest absolute Gasteiger partial charge is 0.486 e. The van der Waals surface area contributed by atoms with E-state index in [9.17, 15) is 4.79 Å². The zero-order valence-electron chi connectivity index (χ0n) is 11.8. The van der Waals surface area contributed by atoms with E-state index in [0.29, 0.717) is 24.7 Å². The second-order valence-corrected chi connectivity index (χ2v) is 5.09. The Bertz CT molecular complexity index is 490. The van der Waals surface area contributed by atoms with Crippen molar-refractivity contribution in [2.45, 2.75) is 19.9 Å². The van der Waals surface area contributed by atoms with E-state index in [-0.39, 0.29) is 18.4 Å². The fourth-order valence-electron chi connectivity index (χ4n) is 2.06. The van der Waals surface area contributed by atoms with Crippen molar-refractivity contribution in [2.75, 3.05) is 20.3 Å². The van der Waals surface area contributed by atoms with E-state index in [1.165, 1.54) is 7.11 Å². The number of benzene rings is 1. The van der Waals surface area contributed by atoms with Crippen LogP contribution in [0.5, 0.6) is 11.5 Å². The summed E-state index contributed by atoms with van der Waals surface area (Å²) in [6, 6.07) is 5.01. The number of hydrogen-bond acceptors (Lipinski definition) is 5. The lowest BCUT2D eigenvalue weighted by Gasteiger charge is -2.29. The topological polar surface area (TPSA) is 70.8 Å². The van der Waals surface area contributed by atoms with Gasteiger partial charge in [0.2, 0.25) is 0 Å². The van der Waals surface area contributed by atoms with Gasteiger partial charge in [-0.3, -0.25) is 4.79 Å². The highest BCUT2D eigenvalue weighted by atomic mass is 35.5. The van der Waals surface area contributed by atoms with Gasteiger partial charge in [-0.1, -0.05) is 6.07 Å². The predicted molar refractivity (Wildman–Crippen MR) is 77.4 cm³/mol. The molecule has 1 atom stereocenters. The summed E-state index contributed by atoms with van der Waals surface area (Å²) in [4.78, 5) is 11.8. The zero-order valence-corrected chi connectivity index (χ0v) is 12.7. The molecule has 20 heavy (non-hydrogen) atoms. The van der Waals surface area contributed by atoms with Crippen LogP contribution >= 0.6 is 12.4 Å². The molecular formula is C14H20ClNO4. The Morgan fingerprint density at radius 2 is 1.90 bits per heavy atom. The number of methoxy groups -OCH3 is 1. The van der Waals surface area contributed by atoms with Crippen LogP contribution in [0.15, 0.2) is 18.2 Å². The molecule has 2 N–H and O–H groups in total. The second kappa shape index (κ2) is 6.33. The number of rotatable bonds is 3. The molecule has 112 valence electrons. The fraction of sp³-hybridized carbons (Fsp3) is 0.500. The molecule has 0 radical (unpaired) electrons. The number of nitrogens with two attached hydrogens (primary N) is 1. The van der Waals surface area contributed by atoms with Gasteiger partial charge in [-0.15, -0.1) is 12.4 Å². The molecule has 5 nitrogen and oxygen atoms in total. The van der Waals surface area contributed by atoms with E-state index in [1.54, 1.807) is 13.8 Å².